The Morgan fingerprint density at radius 2 is 1.93 bits per heavy atom. The highest BCUT2D eigenvalue weighted by Gasteiger charge is 2.27. The number of amides is 1. The highest BCUT2D eigenvalue weighted by atomic mass is 35.5. The summed E-state index contributed by atoms with van der Waals surface area (Å²) >= 11 is 0. The fraction of sp³-hybridized carbons (Fsp3) is 0.900. The van der Waals surface area contributed by atoms with Crippen LogP contribution in [-0.2, 0) is 4.79 Å². The molecule has 1 amide bonds. The van der Waals surface area contributed by atoms with Gasteiger partial charge >= 0.3 is 0 Å². The van der Waals surface area contributed by atoms with Crippen LogP contribution in [0.3, 0.4) is 0 Å². The molecule has 2 fully saturated rings. The van der Waals surface area contributed by atoms with Crippen LogP contribution < -0.4 is 5.32 Å². The van der Waals surface area contributed by atoms with Gasteiger partial charge in [-0.1, -0.05) is 0 Å². The maximum absolute atomic E-state index is 11.9. The van der Waals surface area contributed by atoms with Gasteiger partial charge in [-0.15, -0.1) is 12.4 Å². The molecule has 2 aliphatic heterocycles. The summed E-state index contributed by atoms with van der Waals surface area (Å²) in [4.78, 5) is 13.9. The molecule has 2 heterocycles. The molecule has 2 rings (SSSR count). The smallest absolute Gasteiger partial charge is 0.227 e. The number of likely N-dealkylation sites (tertiary alicyclic amines) is 1. The van der Waals surface area contributed by atoms with Crippen molar-refractivity contribution in [2.24, 2.45) is 5.92 Å². The van der Waals surface area contributed by atoms with Gasteiger partial charge in [-0.25, -0.2) is 0 Å². The monoisotopic (exact) mass is 218 g/mol. The summed E-state index contributed by atoms with van der Waals surface area (Å²) in [5.41, 5.74) is 0. The van der Waals surface area contributed by atoms with E-state index in [2.05, 4.69) is 10.2 Å². The van der Waals surface area contributed by atoms with Gasteiger partial charge in [-0.3, -0.25) is 4.79 Å². The van der Waals surface area contributed by atoms with Crippen molar-refractivity contribution in [3.8, 4) is 0 Å². The summed E-state index contributed by atoms with van der Waals surface area (Å²) in [6, 6.07) is 0. The first-order valence-corrected chi connectivity index (χ1v) is 5.37. The quantitative estimate of drug-likeness (QED) is 0.713. The van der Waals surface area contributed by atoms with Crippen LogP contribution in [0.5, 0.6) is 0 Å². The van der Waals surface area contributed by atoms with Gasteiger partial charge < -0.3 is 10.2 Å². The minimum atomic E-state index is 0. The van der Waals surface area contributed by atoms with E-state index in [1.54, 1.807) is 0 Å². The van der Waals surface area contributed by atoms with Crippen molar-refractivity contribution in [1.82, 2.24) is 10.2 Å². The highest BCUT2D eigenvalue weighted by molar-refractivity contribution is 5.85. The van der Waals surface area contributed by atoms with Crippen molar-refractivity contribution in [1.29, 1.82) is 0 Å². The molecule has 1 unspecified atom stereocenters. The Morgan fingerprint density at radius 3 is 2.50 bits per heavy atom. The Hall–Kier alpha value is -0.280. The topological polar surface area (TPSA) is 32.3 Å². The van der Waals surface area contributed by atoms with Gasteiger partial charge in [0.05, 0.1) is 5.92 Å². The van der Waals surface area contributed by atoms with E-state index < -0.39 is 0 Å². The molecule has 4 heteroatoms. The van der Waals surface area contributed by atoms with Crippen LogP contribution in [0.2, 0.25) is 0 Å². The summed E-state index contributed by atoms with van der Waals surface area (Å²) in [7, 11) is 0. The number of piperidine rings is 1. The Balaban J connectivity index is 0.000000980. The van der Waals surface area contributed by atoms with Gasteiger partial charge in [0.25, 0.3) is 0 Å². The van der Waals surface area contributed by atoms with E-state index >= 15 is 0 Å². The van der Waals surface area contributed by atoms with Gasteiger partial charge in [0.2, 0.25) is 5.91 Å². The molecule has 0 saturated carbocycles. The normalized spacial score (nSPS) is 27.1. The van der Waals surface area contributed by atoms with Crippen LogP contribution in [0.25, 0.3) is 0 Å². The lowest BCUT2D eigenvalue weighted by Gasteiger charge is -2.28. The molecule has 0 aromatic heterocycles. The lowest BCUT2D eigenvalue weighted by Crippen LogP contribution is -2.40. The zero-order valence-electron chi connectivity index (χ0n) is 8.50. The van der Waals surface area contributed by atoms with Crippen LogP contribution in [0.4, 0.5) is 0 Å². The molecule has 1 atom stereocenters. The van der Waals surface area contributed by atoms with Gasteiger partial charge in [-0.05, 0) is 32.2 Å². The van der Waals surface area contributed by atoms with Gasteiger partial charge in [0, 0.05) is 19.6 Å². The summed E-state index contributed by atoms with van der Waals surface area (Å²) in [6.45, 7) is 3.91. The lowest BCUT2D eigenvalue weighted by atomic mass is 10.0. The maximum atomic E-state index is 11.9. The largest absolute Gasteiger partial charge is 0.342 e. The first kappa shape index (κ1) is 11.8. The van der Waals surface area contributed by atoms with E-state index in [1.165, 1.54) is 19.3 Å². The third-order valence-electron chi connectivity index (χ3n) is 3.08. The number of hydrogen-bond donors (Lipinski definition) is 1. The van der Waals surface area contributed by atoms with E-state index in [1.807, 2.05) is 0 Å². The minimum absolute atomic E-state index is 0. The summed E-state index contributed by atoms with van der Waals surface area (Å²) in [5.74, 6) is 0.669. The first-order chi connectivity index (χ1) is 6.38. The minimum Gasteiger partial charge on any atom is -0.342 e. The molecule has 3 nitrogen and oxygen atoms in total. The van der Waals surface area contributed by atoms with Crippen LogP contribution in [-0.4, -0.2) is 37.0 Å². The van der Waals surface area contributed by atoms with Crippen molar-refractivity contribution >= 4 is 18.3 Å². The predicted molar refractivity (Wildman–Crippen MR) is 58.7 cm³/mol. The molecular weight excluding hydrogens is 200 g/mol. The van der Waals surface area contributed by atoms with Gasteiger partial charge in [0.15, 0.2) is 0 Å². The third kappa shape index (κ3) is 2.61. The molecule has 0 radical (unpaired) electrons. The molecule has 0 aromatic carbocycles. The molecule has 2 saturated heterocycles. The first-order valence-electron chi connectivity index (χ1n) is 5.37. The van der Waals surface area contributed by atoms with E-state index in [-0.39, 0.29) is 18.3 Å². The number of carbonyl (C=O) groups excluding carboxylic acids is 1. The van der Waals surface area contributed by atoms with E-state index in [4.69, 9.17) is 0 Å². The zero-order valence-corrected chi connectivity index (χ0v) is 9.31. The fourth-order valence-corrected chi connectivity index (χ4v) is 2.24. The zero-order chi connectivity index (χ0) is 9.10. The standard InChI is InChI=1S/C10H18N2O.ClH/c13-10(9-4-5-11-8-9)12-6-2-1-3-7-12;/h9,11H,1-8H2;1H. The second-order valence-electron chi connectivity index (χ2n) is 4.08. The molecule has 0 spiro atoms. The predicted octanol–water partition coefficient (Wildman–Crippen LogP) is 1.03. The molecule has 0 bridgehead atoms. The number of carbonyl (C=O) groups is 1. The summed E-state index contributed by atoms with van der Waals surface area (Å²) < 4.78 is 0. The molecule has 82 valence electrons. The Morgan fingerprint density at radius 1 is 1.21 bits per heavy atom. The Kier molecular flexibility index (Phi) is 4.69. The number of hydrogen-bond acceptors (Lipinski definition) is 2. The Labute approximate surface area is 91.6 Å². The van der Waals surface area contributed by atoms with E-state index in [0.717, 1.165) is 32.6 Å². The summed E-state index contributed by atoms with van der Waals surface area (Å²) in [5, 5.41) is 3.24. The SMILES string of the molecule is Cl.O=C(C1CCNC1)N1CCCCC1. The van der Waals surface area contributed by atoms with Crippen molar-refractivity contribution in [3.05, 3.63) is 0 Å². The third-order valence-corrected chi connectivity index (χ3v) is 3.08. The number of nitrogens with zero attached hydrogens (tertiary/aromatic N) is 1. The van der Waals surface area contributed by atoms with Gasteiger partial charge in [0.1, 0.15) is 0 Å². The second kappa shape index (κ2) is 5.56. The van der Waals surface area contributed by atoms with Crippen molar-refractivity contribution in [2.75, 3.05) is 26.2 Å². The highest BCUT2D eigenvalue weighted by Crippen LogP contribution is 2.16. The number of nitrogens with one attached hydrogen (secondary N) is 1. The average molecular weight is 219 g/mol. The second-order valence-corrected chi connectivity index (χ2v) is 4.08. The van der Waals surface area contributed by atoms with E-state index in [9.17, 15) is 4.79 Å². The molecular formula is C10H19ClN2O. The lowest BCUT2D eigenvalue weighted by molar-refractivity contribution is -0.135. The molecule has 0 aromatic rings. The summed E-state index contributed by atoms with van der Waals surface area (Å²) in [6.07, 6.45) is 4.74. The maximum Gasteiger partial charge on any atom is 0.227 e. The van der Waals surface area contributed by atoms with Crippen molar-refractivity contribution in [2.45, 2.75) is 25.7 Å². The van der Waals surface area contributed by atoms with Crippen LogP contribution >= 0.6 is 12.4 Å². The van der Waals surface area contributed by atoms with Crippen LogP contribution in [0, 0.1) is 5.92 Å². The van der Waals surface area contributed by atoms with Crippen LogP contribution in [0.1, 0.15) is 25.7 Å². The Bertz CT molecular complexity index is 187. The van der Waals surface area contributed by atoms with Crippen LogP contribution in [0.15, 0.2) is 0 Å². The average Bonchev–Trinajstić information content (AvgIpc) is 2.71. The fourth-order valence-electron chi connectivity index (χ4n) is 2.24. The van der Waals surface area contributed by atoms with Crippen molar-refractivity contribution in [3.63, 3.8) is 0 Å². The number of halogens is 1. The molecule has 1 N–H and O–H groups in total. The number of rotatable bonds is 1. The van der Waals surface area contributed by atoms with E-state index in [0.29, 0.717) is 5.91 Å². The molecule has 0 aliphatic carbocycles. The van der Waals surface area contributed by atoms with Gasteiger partial charge in [-0.2, -0.15) is 0 Å². The molecule has 14 heavy (non-hydrogen) atoms. The van der Waals surface area contributed by atoms with Crippen molar-refractivity contribution < 1.29 is 4.79 Å². The molecule has 2 aliphatic rings.